The fourth-order valence-electron chi connectivity index (χ4n) is 2.59. The number of nitrogens with zero attached hydrogens (tertiary/aromatic N) is 1. The van der Waals surface area contributed by atoms with Crippen LogP contribution in [0.2, 0.25) is 0 Å². The lowest BCUT2D eigenvalue weighted by Crippen LogP contribution is -2.45. The molecule has 2 unspecified atom stereocenters. The van der Waals surface area contributed by atoms with Gasteiger partial charge >= 0.3 is 0 Å². The van der Waals surface area contributed by atoms with Gasteiger partial charge in [-0.15, -0.1) is 0 Å². The van der Waals surface area contributed by atoms with Crippen LogP contribution in [0.25, 0.3) is 0 Å². The largest absolute Gasteiger partial charge is 0.364 e. The molecule has 4 heteroatoms. The van der Waals surface area contributed by atoms with Gasteiger partial charge in [0, 0.05) is 36.2 Å². The van der Waals surface area contributed by atoms with E-state index in [1.54, 1.807) is 6.07 Å². The third-order valence-corrected chi connectivity index (χ3v) is 5.28. The van der Waals surface area contributed by atoms with Crippen molar-refractivity contribution < 1.29 is 4.39 Å². The number of hydrogen-bond donors (Lipinski definition) is 1. The van der Waals surface area contributed by atoms with Gasteiger partial charge in [0.05, 0.1) is 5.69 Å². The zero-order chi connectivity index (χ0) is 14.7. The molecule has 1 aromatic carbocycles. The van der Waals surface area contributed by atoms with Crippen molar-refractivity contribution >= 4 is 17.4 Å². The summed E-state index contributed by atoms with van der Waals surface area (Å²) in [7, 11) is 0. The van der Waals surface area contributed by atoms with Gasteiger partial charge in [-0.25, -0.2) is 4.39 Å². The predicted octanol–water partition coefficient (Wildman–Crippen LogP) is 3.65. The summed E-state index contributed by atoms with van der Waals surface area (Å²) in [6.45, 7) is 10.3. The molecule has 112 valence electrons. The first-order chi connectivity index (χ1) is 9.50. The Hall–Kier alpha value is -0.740. The summed E-state index contributed by atoms with van der Waals surface area (Å²) in [5.74, 6) is 0.968. The van der Waals surface area contributed by atoms with Crippen LogP contribution in [0.1, 0.15) is 33.3 Å². The van der Waals surface area contributed by atoms with E-state index in [1.807, 2.05) is 23.9 Å². The summed E-state index contributed by atoms with van der Waals surface area (Å²) in [6.07, 6.45) is 0. The molecular weight excluding hydrogens is 271 g/mol. The first-order valence-corrected chi connectivity index (χ1v) is 8.44. The van der Waals surface area contributed by atoms with Crippen molar-refractivity contribution in [3.63, 3.8) is 0 Å². The molecule has 0 saturated carbocycles. The summed E-state index contributed by atoms with van der Waals surface area (Å²) in [5, 5.41) is 3.93. The summed E-state index contributed by atoms with van der Waals surface area (Å²) >= 11 is 1.97. The zero-order valence-corrected chi connectivity index (χ0v) is 13.6. The Morgan fingerprint density at radius 1 is 1.40 bits per heavy atom. The smallest absolute Gasteiger partial charge is 0.146 e. The van der Waals surface area contributed by atoms with Crippen molar-refractivity contribution in [2.75, 3.05) is 17.2 Å². The van der Waals surface area contributed by atoms with Gasteiger partial charge in [-0.1, -0.05) is 32.9 Å². The van der Waals surface area contributed by atoms with Crippen LogP contribution < -0.4 is 10.2 Å². The van der Waals surface area contributed by atoms with Crippen molar-refractivity contribution in [3.8, 4) is 0 Å². The van der Waals surface area contributed by atoms with E-state index < -0.39 is 0 Å². The third-order valence-electron chi connectivity index (χ3n) is 3.94. The maximum absolute atomic E-state index is 14.4. The van der Waals surface area contributed by atoms with Crippen LogP contribution in [0.15, 0.2) is 18.2 Å². The van der Waals surface area contributed by atoms with Gasteiger partial charge in [0.25, 0.3) is 0 Å². The minimum absolute atomic E-state index is 0.0981. The maximum atomic E-state index is 14.4. The average molecular weight is 296 g/mol. The second-order valence-corrected chi connectivity index (χ2v) is 7.28. The van der Waals surface area contributed by atoms with Gasteiger partial charge in [0.2, 0.25) is 0 Å². The molecule has 1 aliphatic heterocycles. The minimum Gasteiger partial charge on any atom is -0.364 e. The Labute approximate surface area is 126 Å². The van der Waals surface area contributed by atoms with Crippen molar-refractivity contribution in [1.29, 1.82) is 0 Å². The van der Waals surface area contributed by atoms with E-state index >= 15 is 0 Å². The van der Waals surface area contributed by atoms with E-state index in [0.717, 1.165) is 30.1 Å². The monoisotopic (exact) mass is 296 g/mol. The molecule has 0 amide bonds. The molecule has 0 radical (unpaired) electrons. The van der Waals surface area contributed by atoms with Gasteiger partial charge in [-0.05, 0) is 18.6 Å². The fourth-order valence-corrected chi connectivity index (χ4v) is 3.69. The lowest BCUT2D eigenvalue weighted by atomic mass is 10.1. The molecule has 1 fully saturated rings. The van der Waals surface area contributed by atoms with Gasteiger partial charge in [0.15, 0.2) is 0 Å². The highest BCUT2D eigenvalue weighted by molar-refractivity contribution is 8.00. The standard InChI is InChI=1S/C16H25FN2S/c1-11(2)18-10-14-6-5-7-15(17)16(14)19-8-9-20-13(4)12(19)3/h5-7,11-13,18H,8-10H2,1-4H3. The first-order valence-electron chi connectivity index (χ1n) is 7.39. The number of halogens is 1. The normalized spacial score (nSPS) is 23.4. The lowest BCUT2D eigenvalue weighted by Gasteiger charge is -2.40. The van der Waals surface area contributed by atoms with E-state index in [9.17, 15) is 4.39 Å². The van der Waals surface area contributed by atoms with E-state index in [-0.39, 0.29) is 5.82 Å². The molecule has 2 nitrogen and oxygen atoms in total. The Morgan fingerprint density at radius 2 is 2.15 bits per heavy atom. The molecule has 2 atom stereocenters. The molecule has 2 rings (SSSR count). The van der Waals surface area contributed by atoms with Gasteiger partial charge < -0.3 is 10.2 Å². The number of para-hydroxylation sites is 1. The van der Waals surface area contributed by atoms with Gasteiger partial charge in [0.1, 0.15) is 5.82 Å². The van der Waals surface area contributed by atoms with E-state index in [2.05, 4.69) is 37.9 Å². The summed E-state index contributed by atoms with van der Waals surface area (Å²) < 4.78 is 14.4. The molecule has 0 aromatic heterocycles. The molecule has 1 aliphatic rings. The van der Waals surface area contributed by atoms with Crippen LogP contribution in [0.5, 0.6) is 0 Å². The first kappa shape index (κ1) is 15.6. The molecule has 1 saturated heterocycles. The number of benzene rings is 1. The van der Waals surface area contributed by atoms with Crippen LogP contribution in [0.4, 0.5) is 10.1 Å². The van der Waals surface area contributed by atoms with Crippen LogP contribution in [-0.4, -0.2) is 29.6 Å². The van der Waals surface area contributed by atoms with Crippen molar-refractivity contribution in [2.24, 2.45) is 0 Å². The van der Waals surface area contributed by atoms with E-state index in [1.165, 1.54) is 0 Å². The molecule has 1 heterocycles. The van der Waals surface area contributed by atoms with Crippen molar-refractivity contribution in [1.82, 2.24) is 5.32 Å². The summed E-state index contributed by atoms with van der Waals surface area (Å²) in [5.41, 5.74) is 1.85. The molecule has 1 N–H and O–H groups in total. The Morgan fingerprint density at radius 3 is 2.85 bits per heavy atom. The molecular formula is C16H25FN2S. The van der Waals surface area contributed by atoms with Crippen LogP contribution in [-0.2, 0) is 6.54 Å². The number of thioether (sulfide) groups is 1. The number of nitrogens with one attached hydrogen (secondary N) is 1. The fraction of sp³-hybridized carbons (Fsp3) is 0.625. The second-order valence-electron chi connectivity index (χ2n) is 5.79. The van der Waals surface area contributed by atoms with Crippen LogP contribution in [0, 0.1) is 5.82 Å². The Bertz CT molecular complexity index is 450. The van der Waals surface area contributed by atoms with E-state index in [4.69, 9.17) is 0 Å². The number of anilines is 1. The molecule has 0 aliphatic carbocycles. The molecule has 20 heavy (non-hydrogen) atoms. The van der Waals surface area contributed by atoms with Crippen LogP contribution in [0.3, 0.4) is 0 Å². The summed E-state index contributed by atoms with van der Waals surface area (Å²) in [4.78, 5) is 2.24. The SMILES string of the molecule is CC(C)NCc1cccc(F)c1N1CCSC(C)C1C. The highest BCUT2D eigenvalue weighted by atomic mass is 32.2. The van der Waals surface area contributed by atoms with Crippen molar-refractivity contribution in [2.45, 2.75) is 51.6 Å². The Balaban J connectivity index is 2.29. The average Bonchev–Trinajstić information content (AvgIpc) is 2.40. The van der Waals surface area contributed by atoms with Crippen molar-refractivity contribution in [3.05, 3.63) is 29.6 Å². The Kier molecular flexibility index (Phi) is 5.33. The topological polar surface area (TPSA) is 15.3 Å². The zero-order valence-electron chi connectivity index (χ0n) is 12.8. The number of rotatable bonds is 4. The van der Waals surface area contributed by atoms with Gasteiger partial charge in [-0.2, -0.15) is 11.8 Å². The maximum Gasteiger partial charge on any atom is 0.146 e. The quantitative estimate of drug-likeness (QED) is 0.913. The summed E-state index contributed by atoms with van der Waals surface area (Å²) in [6, 6.07) is 6.19. The van der Waals surface area contributed by atoms with E-state index in [0.29, 0.717) is 17.3 Å². The second kappa shape index (κ2) is 6.81. The molecule has 0 spiro atoms. The third kappa shape index (κ3) is 3.47. The number of hydrogen-bond acceptors (Lipinski definition) is 3. The highest BCUT2D eigenvalue weighted by Gasteiger charge is 2.28. The molecule has 1 aromatic rings. The minimum atomic E-state index is -0.0981. The lowest BCUT2D eigenvalue weighted by molar-refractivity contribution is 0.561. The highest BCUT2D eigenvalue weighted by Crippen LogP contribution is 2.33. The van der Waals surface area contributed by atoms with Gasteiger partial charge in [-0.3, -0.25) is 0 Å². The predicted molar refractivity (Wildman–Crippen MR) is 87.1 cm³/mol. The van der Waals surface area contributed by atoms with Crippen LogP contribution >= 0.6 is 11.8 Å². The molecule has 0 bridgehead atoms.